The molecule has 2 N–H and O–H groups in total. The summed E-state index contributed by atoms with van der Waals surface area (Å²) in [5.41, 5.74) is 0.102. The molecule has 0 aliphatic carbocycles. The van der Waals surface area contributed by atoms with Crippen molar-refractivity contribution in [2.75, 3.05) is 38.3 Å². The Bertz CT molecular complexity index is 689. The Kier molecular flexibility index (Phi) is 9.77. The Labute approximate surface area is 157 Å². The molecule has 9 heteroatoms. The fraction of sp³-hybridized carbons (Fsp3) is 0.562. The van der Waals surface area contributed by atoms with Crippen molar-refractivity contribution >= 4 is 40.1 Å². The monoisotopic (exact) mass is 389 g/mol. The number of aromatic nitrogens is 3. The SMILES string of the molecule is CC.CCCNCCNc1nc(SC)nc2c(F)c(Cl)nc(OC)c12. The summed E-state index contributed by atoms with van der Waals surface area (Å²) >= 11 is 7.14. The average Bonchev–Trinajstić information content (AvgIpc) is 2.65. The predicted molar refractivity (Wildman–Crippen MR) is 104 cm³/mol. The minimum Gasteiger partial charge on any atom is -0.480 e. The van der Waals surface area contributed by atoms with E-state index in [1.807, 2.05) is 20.1 Å². The Balaban J connectivity index is 0.00000151. The lowest BCUT2D eigenvalue weighted by Crippen LogP contribution is -2.23. The third-order valence-corrected chi connectivity index (χ3v) is 3.89. The van der Waals surface area contributed by atoms with Crippen molar-refractivity contribution in [1.29, 1.82) is 0 Å². The molecule has 0 bridgehead atoms. The van der Waals surface area contributed by atoms with Crippen LogP contribution in [0.2, 0.25) is 5.15 Å². The van der Waals surface area contributed by atoms with Crippen LogP contribution < -0.4 is 15.4 Å². The summed E-state index contributed by atoms with van der Waals surface area (Å²) in [6.45, 7) is 8.44. The number of ether oxygens (including phenoxy) is 1. The zero-order valence-electron chi connectivity index (χ0n) is 15.2. The Morgan fingerprint density at radius 2 is 1.88 bits per heavy atom. The summed E-state index contributed by atoms with van der Waals surface area (Å²) in [6, 6.07) is 0. The van der Waals surface area contributed by atoms with Gasteiger partial charge >= 0.3 is 0 Å². The van der Waals surface area contributed by atoms with Gasteiger partial charge < -0.3 is 15.4 Å². The molecule has 140 valence electrons. The van der Waals surface area contributed by atoms with E-state index in [-0.39, 0.29) is 16.5 Å². The number of halogens is 2. The second kappa shape index (κ2) is 11.3. The molecular formula is C16H25ClFN5OS. The van der Waals surface area contributed by atoms with E-state index >= 15 is 0 Å². The van der Waals surface area contributed by atoms with Gasteiger partial charge in [0.2, 0.25) is 5.88 Å². The van der Waals surface area contributed by atoms with E-state index in [0.29, 0.717) is 22.9 Å². The first-order valence-corrected chi connectivity index (χ1v) is 9.81. The van der Waals surface area contributed by atoms with Gasteiger partial charge in [0.15, 0.2) is 16.1 Å². The number of pyridine rings is 1. The van der Waals surface area contributed by atoms with Crippen LogP contribution in [0.4, 0.5) is 10.2 Å². The molecule has 25 heavy (non-hydrogen) atoms. The van der Waals surface area contributed by atoms with Crippen LogP contribution in [-0.2, 0) is 0 Å². The molecule has 0 spiro atoms. The zero-order valence-corrected chi connectivity index (χ0v) is 16.8. The van der Waals surface area contributed by atoms with E-state index in [0.717, 1.165) is 19.5 Å². The van der Waals surface area contributed by atoms with Gasteiger partial charge in [-0.2, -0.15) is 4.98 Å². The summed E-state index contributed by atoms with van der Waals surface area (Å²) in [6.07, 6.45) is 2.89. The third-order valence-electron chi connectivity index (χ3n) is 3.09. The van der Waals surface area contributed by atoms with Crippen molar-refractivity contribution in [1.82, 2.24) is 20.3 Å². The molecule has 0 aliphatic rings. The first kappa shape index (κ1) is 21.7. The van der Waals surface area contributed by atoms with Gasteiger partial charge in [-0.05, 0) is 19.2 Å². The number of hydrogen-bond donors (Lipinski definition) is 2. The standard InChI is InChI=1S/C14H19ClFN5OS.C2H6/c1-4-5-17-6-7-18-12-8-10(19-14(21-12)23-3)9(16)11(15)20-13(8)22-2;1-2/h17H,4-7H2,1-3H3,(H,18,19,21);1-2H3. The first-order valence-electron chi connectivity index (χ1n) is 8.21. The molecule has 2 aromatic heterocycles. The van der Waals surface area contributed by atoms with Crippen LogP contribution in [0.1, 0.15) is 27.2 Å². The summed E-state index contributed by atoms with van der Waals surface area (Å²) in [5.74, 6) is 0.00737. The molecule has 2 heterocycles. The highest BCUT2D eigenvalue weighted by Crippen LogP contribution is 2.34. The number of nitrogens with zero attached hydrogens (tertiary/aromatic N) is 3. The van der Waals surface area contributed by atoms with Gasteiger partial charge in [0.25, 0.3) is 0 Å². The Morgan fingerprint density at radius 3 is 2.48 bits per heavy atom. The van der Waals surface area contributed by atoms with E-state index in [1.165, 1.54) is 18.9 Å². The molecule has 0 radical (unpaired) electrons. The van der Waals surface area contributed by atoms with Crippen molar-refractivity contribution < 1.29 is 9.13 Å². The zero-order chi connectivity index (χ0) is 18.8. The first-order chi connectivity index (χ1) is 12.1. The van der Waals surface area contributed by atoms with E-state index < -0.39 is 5.82 Å². The van der Waals surface area contributed by atoms with Crippen molar-refractivity contribution in [2.45, 2.75) is 32.3 Å². The highest BCUT2D eigenvalue weighted by Gasteiger charge is 2.20. The molecule has 0 fully saturated rings. The largest absolute Gasteiger partial charge is 0.480 e. The van der Waals surface area contributed by atoms with Crippen LogP contribution in [-0.4, -0.2) is 48.0 Å². The number of methoxy groups -OCH3 is 1. The molecular weight excluding hydrogens is 365 g/mol. The minimum absolute atomic E-state index is 0.102. The van der Waals surface area contributed by atoms with E-state index in [1.54, 1.807) is 0 Å². The van der Waals surface area contributed by atoms with Gasteiger partial charge in [0.1, 0.15) is 16.7 Å². The molecule has 6 nitrogen and oxygen atoms in total. The lowest BCUT2D eigenvalue weighted by atomic mass is 10.2. The molecule has 2 aromatic rings. The van der Waals surface area contributed by atoms with E-state index in [2.05, 4.69) is 32.5 Å². The quantitative estimate of drug-likeness (QED) is 0.306. The Hall–Kier alpha value is -1.38. The van der Waals surface area contributed by atoms with Crippen molar-refractivity contribution in [3.05, 3.63) is 11.0 Å². The number of rotatable bonds is 8. The summed E-state index contributed by atoms with van der Waals surface area (Å²) < 4.78 is 19.5. The molecule has 0 atom stereocenters. The number of nitrogens with one attached hydrogen (secondary N) is 2. The van der Waals surface area contributed by atoms with Crippen LogP contribution in [0.5, 0.6) is 5.88 Å². The fourth-order valence-corrected chi connectivity index (χ4v) is 2.56. The molecule has 2 rings (SSSR count). The average molecular weight is 390 g/mol. The van der Waals surface area contributed by atoms with Gasteiger partial charge in [0.05, 0.1) is 7.11 Å². The van der Waals surface area contributed by atoms with Crippen LogP contribution in [0.25, 0.3) is 10.9 Å². The second-order valence-electron chi connectivity index (χ2n) is 4.69. The van der Waals surface area contributed by atoms with Gasteiger partial charge in [-0.1, -0.05) is 44.1 Å². The van der Waals surface area contributed by atoms with Gasteiger partial charge in [-0.3, -0.25) is 0 Å². The van der Waals surface area contributed by atoms with Crippen molar-refractivity contribution in [3.63, 3.8) is 0 Å². The van der Waals surface area contributed by atoms with Gasteiger partial charge in [-0.25, -0.2) is 14.4 Å². The number of fused-ring (bicyclic) bond motifs is 1. The van der Waals surface area contributed by atoms with Gasteiger partial charge in [-0.15, -0.1) is 0 Å². The smallest absolute Gasteiger partial charge is 0.228 e. The number of hydrogen-bond acceptors (Lipinski definition) is 7. The van der Waals surface area contributed by atoms with Crippen LogP contribution in [0.15, 0.2) is 5.16 Å². The normalized spacial score (nSPS) is 10.4. The van der Waals surface area contributed by atoms with Crippen molar-refractivity contribution in [2.24, 2.45) is 0 Å². The summed E-state index contributed by atoms with van der Waals surface area (Å²) in [5, 5.41) is 7.04. The third kappa shape index (κ3) is 5.55. The summed E-state index contributed by atoms with van der Waals surface area (Å²) in [4.78, 5) is 12.5. The topological polar surface area (TPSA) is 72.0 Å². The number of anilines is 1. The van der Waals surface area contributed by atoms with Crippen LogP contribution >= 0.6 is 23.4 Å². The van der Waals surface area contributed by atoms with Crippen molar-refractivity contribution in [3.8, 4) is 5.88 Å². The van der Waals surface area contributed by atoms with Crippen LogP contribution in [0.3, 0.4) is 0 Å². The second-order valence-corrected chi connectivity index (χ2v) is 5.82. The maximum absolute atomic E-state index is 14.3. The molecule has 0 aliphatic heterocycles. The van der Waals surface area contributed by atoms with Gasteiger partial charge in [0, 0.05) is 13.1 Å². The summed E-state index contributed by atoms with van der Waals surface area (Å²) in [7, 11) is 1.45. The maximum Gasteiger partial charge on any atom is 0.228 e. The Morgan fingerprint density at radius 1 is 1.16 bits per heavy atom. The van der Waals surface area contributed by atoms with E-state index in [4.69, 9.17) is 16.3 Å². The minimum atomic E-state index is -0.674. The molecule has 0 saturated carbocycles. The lowest BCUT2D eigenvalue weighted by Gasteiger charge is -2.13. The highest BCUT2D eigenvalue weighted by molar-refractivity contribution is 7.98. The fourth-order valence-electron chi connectivity index (χ4n) is 2.03. The number of thioether (sulfide) groups is 1. The molecule has 0 saturated heterocycles. The van der Waals surface area contributed by atoms with Crippen LogP contribution in [0, 0.1) is 5.82 Å². The highest BCUT2D eigenvalue weighted by atomic mass is 35.5. The predicted octanol–water partition coefficient (Wildman–Crippen LogP) is 3.99. The molecule has 0 aromatic carbocycles. The van der Waals surface area contributed by atoms with E-state index in [9.17, 15) is 4.39 Å². The molecule has 0 amide bonds. The maximum atomic E-state index is 14.3. The lowest BCUT2D eigenvalue weighted by molar-refractivity contribution is 0.402. The molecule has 0 unspecified atom stereocenters.